The molecular weight excluding hydrogens is 560 g/mol. The third kappa shape index (κ3) is 6.86. The third-order valence-electron chi connectivity index (χ3n) is 6.24. The van der Waals surface area contributed by atoms with Crippen LogP contribution in [0.3, 0.4) is 0 Å². The number of hydrogen-bond donors (Lipinski definition) is 1. The van der Waals surface area contributed by atoms with E-state index < -0.39 is 35.1 Å². The Balaban J connectivity index is 1.62. The number of nitrogens with zero attached hydrogens (tertiary/aromatic N) is 5. The van der Waals surface area contributed by atoms with Crippen LogP contribution in [0, 0.1) is 6.92 Å². The molecule has 0 radical (unpaired) electrons. The van der Waals surface area contributed by atoms with Crippen molar-refractivity contribution in [3.05, 3.63) is 111 Å². The van der Waals surface area contributed by atoms with Gasteiger partial charge in [-0.25, -0.2) is 9.36 Å². The number of ketones is 1. The van der Waals surface area contributed by atoms with Gasteiger partial charge in [0.25, 0.3) is 5.56 Å². The number of ether oxygens (including phenoxy) is 2. The largest absolute Gasteiger partial charge is 0.486 e. The number of esters is 1. The van der Waals surface area contributed by atoms with E-state index in [1.807, 2.05) is 37.3 Å². The second-order valence-corrected chi connectivity index (χ2v) is 10.1. The summed E-state index contributed by atoms with van der Waals surface area (Å²) in [6.07, 6.45) is 1.66. The van der Waals surface area contributed by atoms with Crippen molar-refractivity contribution >= 4 is 29.3 Å². The van der Waals surface area contributed by atoms with E-state index in [9.17, 15) is 19.2 Å². The van der Waals surface area contributed by atoms with Crippen LogP contribution in [-0.2, 0) is 35.8 Å². The first-order valence-corrected chi connectivity index (χ1v) is 13.8. The number of carbonyl (C=O) groups is 2. The van der Waals surface area contributed by atoms with Crippen molar-refractivity contribution in [3.63, 3.8) is 0 Å². The first-order chi connectivity index (χ1) is 20.2. The Bertz CT molecular complexity index is 1730. The summed E-state index contributed by atoms with van der Waals surface area (Å²) in [5.74, 6) is -0.806. The molecule has 0 aliphatic heterocycles. The summed E-state index contributed by atoms with van der Waals surface area (Å²) < 4.78 is 14.0. The SMILES string of the molecule is C=CCn1c(COc2cccc(C)c2)nnc1SCC(=O)c1c(N)n(Cc2ccccc2)c(=O)n(CC(=O)OC)c1=O. The van der Waals surface area contributed by atoms with Gasteiger partial charge in [0.15, 0.2) is 16.8 Å². The summed E-state index contributed by atoms with van der Waals surface area (Å²) in [4.78, 5) is 52.0. The molecule has 0 saturated carbocycles. The minimum absolute atomic E-state index is 0.0155. The molecule has 2 N–H and O–H groups in total. The van der Waals surface area contributed by atoms with Crippen molar-refractivity contribution in [3.8, 4) is 5.75 Å². The Morgan fingerprint density at radius 3 is 2.50 bits per heavy atom. The number of Topliss-reactive ketones (excluding diaryl/α,β-unsaturated/α-hetero) is 1. The summed E-state index contributed by atoms with van der Waals surface area (Å²) in [5, 5.41) is 8.80. The molecule has 2 heterocycles. The highest BCUT2D eigenvalue weighted by Crippen LogP contribution is 2.21. The van der Waals surface area contributed by atoms with E-state index in [0.29, 0.717) is 33.4 Å². The predicted molar refractivity (Wildman–Crippen MR) is 158 cm³/mol. The number of carbonyl (C=O) groups excluding carboxylic acids is 2. The van der Waals surface area contributed by atoms with E-state index >= 15 is 0 Å². The summed E-state index contributed by atoms with van der Waals surface area (Å²) in [6.45, 7) is 5.54. The third-order valence-corrected chi connectivity index (χ3v) is 7.21. The zero-order valence-electron chi connectivity index (χ0n) is 23.2. The van der Waals surface area contributed by atoms with Crippen LogP contribution in [-0.4, -0.2) is 48.5 Å². The number of benzene rings is 2. The van der Waals surface area contributed by atoms with Crippen molar-refractivity contribution in [2.75, 3.05) is 18.6 Å². The first-order valence-electron chi connectivity index (χ1n) is 12.9. The maximum atomic E-state index is 13.5. The molecule has 0 fully saturated rings. The van der Waals surface area contributed by atoms with Gasteiger partial charge in [-0.3, -0.25) is 23.5 Å². The van der Waals surface area contributed by atoms with E-state index in [1.165, 1.54) is 0 Å². The van der Waals surface area contributed by atoms with E-state index in [1.54, 1.807) is 34.9 Å². The molecule has 218 valence electrons. The summed E-state index contributed by atoms with van der Waals surface area (Å²) in [7, 11) is 1.13. The molecule has 42 heavy (non-hydrogen) atoms. The molecule has 4 aromatic rings. The molecule has 13 heteroatoms. The monoisotopic (exact) mass is 590 g/mol. The van der Waals surface area contributed by atoms with Gasteiger partial charge in [-0.2, -0.15) is 0 Å². The molecule has 0 aliphatic carbocycles. The Labute approximate surface area is 245 Å². The van der Waals surface area contributed by atoms with Gasteiger partial charge in [0.2, 0.25) is 0 Å². The predicted octanol–water partition coefficient (Wildman–Crippen LogP) is 2.45. The molecule has 4 rings (SSSR count). The fourth-order valence-electron chi connectivity index (χ4n) is 4.13. The number of aryl methyl sites for hydroxylation is 1. The van der Waals surface area contributed by atoms with E-state index in [4.69, 9.17) is 10.5 Å². The van der Waals surface area contributed by atoms with E-state index in [2.05, 4.69) is 21.5 Å². The van der Waals surface area contributed by atoms with Gasteiger partial charge >= 0.3 is 11.7 Å². The lowest BCUT2D eigenvalue weighted by molar-refractivity contribution is -0.141. The Kier molecular flexibility index (Phi) is 9.76. The molecular formula is C29H30N6O6S. The quantitative estimate of drug-likeness (QED) is 0.106. The van der Waals surface area contributed by atoms with Crippen LogP contribution in [0.5, 0.6) is 5.75 Å². The molecule has 2 aromatic heterocycles. The highest BCUT2D eigenvalue weighted by atomic mass is 32.2. The van der Waals surface area contributed by atoms with Crippen LogP contribution < -0.4 is 21.7 Å². The molecule has 12 nitrogen and oxygen atoms in total. The first kappa shape index (κ1) is 30.1. The Morgan fingerprint density at radius 2 is 1.81 bits per heavy atom. The van der Waals surface area contributed by atoms with Gasteiger partial charge < -0.3 is 15.2 Å². The van der Waals surface area contributed by atoms with Gasteiger partial charge in [-0.1, -0.05) is 60.3 Å². The number of nitrogens with two attached hydrogens (primary N) is 1. The number of hydrogen-bond acceptors (Lipinski definition) is 10. The Hall–Kier alpha value is -4.91. The number of methoxy groups -OCH3 is 1. The highest BCUT2D eigenvalue weighted by Gasteiger charge is 2.25. The van der Waals surface area contributed by atoms with Gasteiger partial charge in [-0.15, -0.1) is 16.8 Å². The lowest BCUT2D eigenvalue weighted by Gasteiger charge is -2.16. The average Bonchev–Trinajstić information content (AvgIpc) is 3.37. The lowest BCUT2D eigenvalue weighted by Crippen LogP contribution is -2.45. The molecule has 0 spiro atoms. The second kappa shape index (κ2) is 13.6. The fraction of sp³-hybridized carbons (Fsp3) is 0.241. The normalized spacial score (nSPS) is 10.8. The van der Waals surface area contributed by atoms with Crippen molar-refractivity contribution in [2.24, 2.45) is 0 Å². The van der Waals surface area contributed by atoms with Crippen LogP contribution in [0.4, 0.5) is 5.82 Å². The lowest BCUT2D eigenvalue weighted by atomic mass is 10.2. The molecule has 0 bridgehead atoms. The van der Waals surface area contributed by atoms with Gasteiger partial charge in [0.05, 0.1) is 19.4 Å². The number of thioether (sulfide) groups is 1. The van der Waals surface area contributed by atoms with Crippen LogP contribution in [0.1, 0.15) is 27.3 Å². The van der Waals surface area contributed by atoms with Crippen molar-refractivity contribution in [2.45, 2.75) is 38.3 Å². The molecule has 2 aromatic carbocycles. The minimum atomic E-state index is -0.974. The molecule has 0 saturated heterocycles. The van der Waals surface area contributed by atoms with Crippen molar-refractivity contribution in [1.29, 1.82) is 0 Å². The number of aromatic nitrogens is 5. The zero-order chi connectivity index (χ0) is 30.2. The highest BCUT2D eigenvalue weighted by molar-refractivity contribution is 7.99. The fourth-order valence-corrected chi connectivity index (χ4v) is 4.97. The summed E-state index contributed by atoms with van der Waals surface area (Å²) in [6, 6.07) is 16.5. The van der Waals surface area contributed by atoms with Crippen LogP contribution >= 0.6 is 11.8 Å². The van der Waals surface area contributed by atoms with Crippen molar-refractivity contribution < 1.29 is 19.1 Å². The zero-order valence-corrected chi connectivity index (χ0v) is 24.0. The van der Waals surface area contributed by atoms with Gasteiger partial charge in [-0.05, 0) is 30.2 Å². The standard InChI is InChI=1S/C29H30N6O6S/c1-4-13-33-23(17-41-21-12-8-9-19(2)14-21)31-32-28(33)42-18-22(36)25-26(30)34(15-20-10-6-5-7-11-20)29(39)35(27(25)38)16-24(37)40-3/h4-12,14H,1,13,15-18,30H2,2-3H3. The van der Waals surface area contributed by atoms with Gasteiger partial charge in [0.1, 0.15) is 30.3 Å². The maximum Gasteiger partial charge on any atom is 0.333 e. The second-order valence-electron chi connectivity index (χ2n) is 9.20. The van der Waals surface area contributed by atoms with E-state index in [-0.39, 0.29) is 24.7 Å². The Morgan fingerprint density at radius 1 is 1.05 bits per heavy atom. The molecule has 0 aliphatic rings. The molecule has 0 unspecified atom stereocenters. The number of nitrogen functional groups attached to an aromatic ring is 1. The maximum absolute atomic E-state index is 13.5. The number of anilines is 1. The molecule has 0 atom stereocenters. The smallest absolute Gasteiger partial charge is 0.333 e. The summed E-state index contributed by atoms with van der Waals surface area (Å²) >= 11 is 1.04. The van der Waals surface area contributed by atoms with Crippen LogP contribution in [0.15, 0.2) is 82.0 Å². The van der Waals surface area contributed by atoms with E-state index in [0.717, 1.165) is 29.0 Å². The van der Waals surface area contributed by atoms with Crippen LogP contribution in [0.25, 0.3) is 0 Å². The van der Waals surface area contributed by atoms with Crippen molar-refractivity contribution in [1.82, 2.24) is 23.9 Å². The topological polar surface area (TPSA) is 153 Å². The van der Waals surface area contributed by atoms with Gasteiger partial charge in [0, 0.05) is 6.54 Å². The number of rotatable bonds is 13. The molecule has 0 amide bonds. The average molecular weight is 591 g/mol. The number of allylic oxidation sites excluding steroid dienone is 1. The van der Waals surface area contributed by atoms with Crippen LogP contribution in [0.2, 0.25) is 0 Å². The minimum Gasteiger partial charge on any atom is -0.486 e. The summed E-state index contributed by atoms with van der Waals surface area (Å²) in [5.41, 5.74) is 5.81.